The molecule has 1 aliphatic heterocycles. The van der Waals surface area contributed by atoms with Crippen LogP contribution in [0.4, 0.5) is 11.4 Å². The monoisotopic (exact) mass is 410 g/mol. The highest BCUT2D eigenvalue weighted by molar-refractivity contribution is 6.06. The van der Waals surface area contributed by atoms with E-state index in [2.05, 4.69) is 11.9 Å². The van der Waals surface area contributed by atoms with Crippen LogP contribution in [0.25, 0.3) is 0 Å². The Hall–Kier alpha value is -3.48. The first kappa shape index (κ1) is 21.2. The third-order valence-electron chi connectivity index (χ3n) is 4.85. The van der Waals surface area contributed by atoms with Gasteiger partial charge in [-0.05, 0) is 44.2 Å². The number of ether oxygens (including phenoxy) is 3. The van der Waals surface area contributed by atoms with Crippen molar-refractivity contribution in [2.45, 2.75) is 13.8 Å². The molecule has 0 aromatic heterocycles. The van der Waals surface area contributed by atoms with Gasteiger partial charge in [0.2, 0.25) is 5.91 Å². The molecule has 0 saturated heterocycles. The summed E-state index contributed by atoms with van der Waals surface area (Å²) in [6.45, 7) is 8.04. The summed E-state index contributed by atoms with van der Waals surface area (Å²) in [5.74, 6) is 1.21. The average molecular weight is 410 g/mol. The van der Waals surface area contributed by atoms with Gasteiger partial charge in [0, 0.05) is 23.9 Å². The number of nitrogens with zero attached hydrogens (tertiary/aromatic N) is 1. The van der Waals surface area contributed by atoms with Crippen molar-refractivity contribution in [1.29, 1.82) is 0 Å². The fourth-order valence-corrected chi connectivity index (χ4v) is 3.17. The van der Waals surface area contributed by atoms with Gasteiger partial charge in [-0.1, -0.05) is 6.08 Å². The highest BCUT2D eigenvalue weighted by Crippen LogP contribution is 2.38. The van der Waals surface area contributed by atoms with Gasteiger partial charge in [0.25, 0.3) is 5.91 Å². The van der Waals surface area contributed by atoms with Crippen LogP contribution in [0, 0.1) is 5.41 Å². The van der Waals surface area contributed by atoms with Crippen molar-refractivity contribution in [3.8, 4) is 17.2 Å². The standard InChI is InChI=1S/C23H26N2O5/c1-6-9-25-19-12-16(7-8-20(19)30-14-23(2,3)22(25)27)24-21(26)15-10-17(28-4)13-18(11-15)29-5/h6-8,10-13H,1,9,14H2,2-5H3,(H,24,26). The molecule has 0 unspecified atom stereocenters. The number of nitrogens with one attached hydrogen (secondary N) is 1. The van der Waals surface area contributed by atoms with Gasteiger partial charge in [0.15, 0.2) is 0 Å². The molecular formula is C23H26N2O5. The number of carbonyl (C=O) groups excluding carboxylic acids is 2. The number of benzene rings is 2. The van der Waals surface area contributed by atoms with Crippen LogP contribution in [-0.4, -0.2) is 39.2 Å². The molecule has 158 valence electrons. The zero-order chi connectivity index (χ0) is 21.9. The minimum absolute atomic E-state index is 0.0674. The van der Waals surface area contributed by atoms with E-state index in [4.69, 9.17) is 14.2 Å². The molecule has 0 fully saturated rings. The van der Waals surface area contributed by atoms with Gasteiger partial charge in [-0.15, -0.1) is 6.58 Å². The second kappa shape index (κ2) is 8.49. The number of rotatable bonds is 6. The summed E-state index contributed by atoms with van der Waals surface area (Å²) >= 11 is 0. The number of methoxy groups -OCH3 is 2. The van der Waals surface area contributed by atoms with Crippen LogP contribution in [0.5, 0.6) is 17.2 Å². The van der Waals surface area contributed by atoms with Crippen LogP contribution in [0.15, 0.2) is 49.1 Å². The summed E-state index contributed by atoms with van der Waals surface area (Å²) in [5.41, 5.74) is 0.831. The Morgan fingerprint density at radius 3 is 2.47 bits per heavy atom. The van der Waals surface area contributed by atoms with E-state index in [0.717, 1.165) is 0 Å². The fourth-order valence-electron chi connectivity index (χ4n) is 3.17. The van der Waals surface area contributed by atoms with Crippen LogP contribution in [-0.2, 0) is 4.79 Å². The van der Waals surface area contributed by atoms with Crippen LogP contribution >= 0.6 is 0 Å². The first-order valence-corrected chi connectivity index (χ1v) is 9.53. The summed E-state index contributed by atoms with van der Waals surface area (Å²) in [6.07, 6.45) is 1.66. The maximum absolute atomic E-state index is 13.0. The third-order valence-corrected chi connectivity index (χ3v) is 4.85. The summed E-state index contributed by atoms with van der Waals surface area (Å²) in [5, 5.41) is 2.86. The second-order valence-electron chi connectivity index (χ2n) is 7.61. The molecule has 3 rings (SSSR count). The summed E-state index contributed by atoms with van der Waals surface area (Å²) < 4.78 is 16.3. The van der Waals surface area contributed by atoms with Gasteiger partial charge >= 0.3 is 0 Å². The smallest absolute Gasteiger partial charge is 0.255 e. The number of hydrogen-bond donors (Lipinski definition) is 1. The zero-order valence-corrected chi connectivity index (χ0v) is 17.7. The lowest BCUT2D eigenvalue weighted by Crippen LogP contribution is -2.42. The topological polar surface area (TPSA) is 77.1 Å². The van der Waals surface area contributed by atoms with Gasteiger partial charge in [0.05, 0.1) is 25.3 Å². The molecule has 1 aliphatic rings. The Morgan fingerprint density at radius 2 is 1.87 bits per heavy atom. The van der Waals surface area contributed by atoms with Gasteiger partial charge in [0.1, 0.15) is 23.9 Å². The molecule has 0 saturated carbocycles. The van der Waals surface area contributed by atoms with Crippen LogP contribution in [0.3, 0.4) is 0 Å². The van der Waals surface area contributed by atoms with Crippen LogP contribution in [0.1, 0.15) is 24.2 Å². The number of amides is 2. The van der Waals surface area contributed by atoms with Crippen molar-refractivity contribution in [3.05, 3.63) is 54.6 Å². The normalized spacial score (nSPS) is 14.8. The summed E-state index contributed by atoms with van der Waals surface area (Å²) in [6, 6.07) is 10.2. The van der Waals surface area contributed by atoms with Crippen molar-refractivity contribution < 1.29 is 23.8 Å². The molecule has 2 aromatic rings. The Balaban J connectivity index is 1.93. The number of anilines is 2. The van der Waals surface area contributed by atoms with Gasteiger partial charge in [-0.3, -0.25) is 9.59 Å². The van der Waals surface area contributed by atoms with E-state index in [1.165, 1.54) is 14.2 Å². The van der Waals surface area contributed by atoms with E-state index in [-0.39, 0.29) is 18.4 Å². The summed E-state index contributed by atoms with van der Waals surface area (Å²) in [7, 11) is 3.05. The number of hydrogen-bond acceptors (Lipinski definition) is 5. The molecule has 0 spiro atoms. The van der Waals surface area contributed by atoms with Gasteiger partial charge in [-0.25, -0.2) is 0 Å². The predicted molar refractivity (Wildman–Crippen MR) is 116 cm³/mol. The van der Waals surface area contributed by atoms with Crippen molar-refractivity contribution in [2.75, 3.05) is 37.6 Å². The predicted octanol–water partition coefficient (Wildman–Crippen LogP) is 3.89. The molecule has 7 nitrogen and oxygen atoms in total. The van der Waals surface area contributed by atoms with Crippen molar-refractivity contribution in [2.24, 2.45) is 5.41 Å². The van der Waals surface area contributed by atoms with E-state index < -0.39 is 5.41 Å². The van der Waals surface area contributed by atoms with Crippen LogP contribution < -0.4 is 24.4 Å². The lowest BCUT2D eigenvalue weighted by atomic mass is 9.93. The lowest BCUT2D eigenvalue weighted by molar-refractivity contribution is -0.127. The van der Waals surface area contributed by atoms with Crippen molar-refractivity contribution in [1.82, 2.24) is 0 Å². The Kier molecular flexibility index (Phi) is 6.01. The fraction of sp³-hybridized carbons (Fsp3) is 0.304. The van der Waals surface area contributed by atoms with E-state index in [1.54, 1.807) is 47.4 Å². The highest BCUT2D eigenvalue weighted by atomic mass is 16.5. The Bertz CT molecular complexity index is 961. The molecule has 2 aromatic carbocycles. The van der Waals surface area contributed by atoms with Crippen molar-refractivity contribution in [3.63, 3.8) is 0 Å². The average Bonchev–Trinajstić information content (AvgIpc) is 2.83. The largest absolute Gasteiger partial charge is 0.497 e. The lowest BCUT2D eigenvalue weighted by Gasteiger charge is -2.27. The molecule has 1 N–H and O–H groups in total. The maximum Gasteiger partial charge on any atom is 0.255 e. The van der Waals surface area contributed by atoms with E-state index in [0.29, 0.717) is 40.7 Å². The first-order valence-electron chi connectivity index (χ1n) is 9.53. The molecular weight excluding hydrogens is 384 g/mol. The quantitative estimate of drug-likeness (QED) is 0.731. The highest BCUT2D eigenvalue weighted by Gasteiger charge is 2.37. The molecule has 1 heterocycles. The number of fused-ring (bicyclic) bond motifs is 1. The molecule has 0 radical (unpaired) electrons. The second-order valence-corrected chi connectivity index (χ2v) is 7.61. The van der Waals surface area contributed by atoms with E-state index in [9.17, 15) is 9.59 Å². The SMILES string of the molecule is C=CCN1C(=O)C(C)(C)COc2ccc(NC(=O)c3cc(OC)cc(OC)c3)cc21. The molecule has 30 heavy (non-hydrogen) atoms. The molecule has 7 heteroatoms. The molecule has 2 amide bonds. The summed E-state index contributed by atoms with van der Waals surface area (Å²) in [4.78, 5) is 27.4. The van der Waals surface area contributed by atoms with Gasteiger partial charge in [-0.2, -0.15) is 0 Å². The minimum Gasteiger partial charge on any atom is -0.497 e. The van der Waals surface area contributed by atoms with Crippen molar-refractivity contribution >= 4 is 23.2 Å². The third kappa shape index (κ3) is 4.25. The van der Waals surface area contributed by atoms with E-state index in [1.807, 2.05) is 13.8 Å². The first-order chi connectivity index (χ1) is 14.3. The molecule has 0 bridgehead atoms. The number of carbonyl (C=O) groups is 2. The van der Waals surface area contributed by atoms with Crippen LogP contribution in [0.2, 0.25) is 0 Å². The minimum atomic E-state index is -0.678. The maximum atomic E-state index is 13.0. The molecule has 0 aliphatic carbocycles. The Labute approximate surface area is 176 Å². The van der Waals surface area contributed by atoms with E-state index >= 15 is 0 Å². The Morgan fingerprint density at radius 1 is 1.20 bits per heavy atom. The molecule has 0 atom stereocenters. The van der Waals surface area contributed by atoms with Gasteiger partial charge < -0.3 is 24.4 Å². The zero-order valence-electron chi connectivity index (χ0n) is 17.7.